The molecule has 0 rings (SSSR count). The van der Waals surface area contributed by atoms with E-state index in [-0.39, 0.29) is 12.3 Å². The van der Waals surface area contributed by atoms with Crippen molar-refractivity contribution in [2.45, 2.75) is 33.1 Å². The molecule has 0 fully saturated rings. The number of aliphatic carboxylic acids is 1. The normalized spacial score (nSPS) is 17.4. The molecule has 84 valence electrons. The molecule has 0 aliphatic heterocycles. The van der Waals surface area contributed by atoms with Crippen molar-refractivity contribution < 1.29 is 19.4 Å². The lowest BCUT2D eigenvalue weighted by atomic mass is 10.1. The minimum Gasteiger partial charge on any atom is -0.481 e. The number of rotatable bonds is 7. The molecule has 0 aromatic rings. The van der Waals surface area contributed by atoms with Gasteiger partial charge in [-0.25, -0.2) is 0 Å². The lowest BCUT2D eigenvalue weighted by molar-refractivity contribution is -0.141. The fraction of sp³-hybridized carbons (Fsp3) is 0.889. The van der Waals surface area contributed by atoms with Crippen LogP contribution >= 0.6 is 7.37 Å². The summed E-state index contributed by atoms with van der Waals surface area (Å²) in [6.45, 7) is 3.69. The highest BCUT2D eigenvalue weighted by atomic mass is 31.2. The summed E-state index contributed by atoms with van der Waals surface area (Å²) in [5.41, 5.74) is 0. The van der Waals surface area contributed by atoms with Crippen molar-refractivity contribution in [2.75, 3.05) is 12.3 Å². The van der Waals surface area contributed by atoms with E-state index in [1.54, 1.807) is 0 Å². The smallest absolute Gasteiger partial charge is 0.307 e. The Kier molecular flexibility index (Phi) is 6.05. The van der Waals surface area contributed by atoms with Crippen molar-refractivity contribution in [3.8, 4) is 0 Å². The van der Waals surface area contributed by atoms with E-state index in [2.05, 4.69) is 0 Å². The highest BCUT2D eigenvalue weighted by Gasteiger charge is 2.27. The molecule has 0 amide bonds. The van der Waals surface area contributed by atoms with Crippen LogP contribution in [0.1, 0.15) is 33.1 Å². The molecule has 0 aliphatic carbocycles. The van der Waals surface area contributed by atoms with Gasteiger partial charge in [0.15, 0.2) is 0 Å². The fourth-order valence-corrected chi connectivity index (χ4v) is 3.34. The molecular weight excluding hydrogens is 203 g/mol. The van der Waals surface area contributed by atoms with Crippen molar-refractivity contribution in [1.82, 2.24) is 0 Å². The maximum Gasteiger partial charge on any atom is 0.307 e. The Morgan fingerprint density at radius 1 is 1.36 bits per heavy atom. The van der Waals surface area contributed by atoms with Gasteiger partial charge >= 0.3 is 5.97 Å². The third-order valence-electron chi connectivity index (χ3n) is 2.07. The Hall–Kier alpha value is -0.340. The van der Waals surface area contributed by atoms with Crippen LogP contribution in [0, 0.1) is 5.92 Å². The second-order valence-electron chi connectivity index (χ2n) is 3.58. The van der Waals surface area contributed by atoms with Crippen LogP contribution in [-0.4, -0.2) is 28.3 Å². The van der Waals surface area contributed by atoms with Gasteiger partial charge in [-0.05, 0) is 12.8 Å². The van der Waals surface area contributed by atoms with Crippen LogP contribution in [0.3, 0.4) is 0 Å². The van der Waals surface area contributed by atoms with Crippen molar-refractivity contribution in [3.63, 3.8) is 0 Å². The number of carboxylic acids is 1. The molecule has 5 heteroatoms. The van der Waals surface area contributed by atoms with Gasteiger partial charge in [0, 0.05) is 12.3 Å². The summed E-state index contributed by atoms with van der Waals surface area (Å²) in [5.74, 6) is -1.63. The maximum absolute atomic E-state index is 11.5. The zero-order valence-corrected chi connectivity index (χ0v) is 9.67. The molecule has 0 radical (unpaired) electrons. The molecule has 2 atom stereocenters. The maximum atomic E-state index is 11.5. The molecular formula is C9H19O4P. The molecule has 0 spiro atoms. The molecule has 2 N–H and O–H groups in total. The Labute approximate surface area is 84.8 Å². The van der Waals surface area contributed by atoms with E-state index in [1.165, 1.54) is 0 Å². The van der Waals surface area contributed by atoms with Gasteiger partial charge in [-0.3, -0.25) is 9.36 Å². The summed E-state index contributed by atoms with van der Waals surface area (Å²) in [6, 6.07) is 0. The lowest BCUT2D eigenvalue weighted by Gasteiger charge is -2.15. The van der Waals surface area contributed by atoms with Crippen LogP contribution in [0.15, 0.2) is 0 Å². The fourth-order valence-electron chi connectivity index (χ4n) is 1.43. The SMILES string of the molecule is CCCC(CP(=O)(O)CCC)C(=O)O. The first kappa shape index (κ1) is 13.7. The molecule has 14 heavy (non-hydrogen) atoms. The van der Waals surface area contributed by atoms with Gasteiger partial charge in [0.2, 0.25) is 7.37 Å². The van der Waals surface area contributed by atoms with Gasteiger partial charge in [0.1, 0.15) is 0 Å². The number of carboxylic acid groups (broad SMARTS) is 1. The van der Waals surface area contributed by atoms with E-state index in [1.807, 2.05) is 13.8 Å². The number of hydrogen-bond donors (Lipinski definition) is 2. The summed E-state index contributed by atoms with van der Waals surface area (Å²) >= 11 is 0. The van der Waals surface area contributed by atoms with Gasteiger partial charge in [-0.15, -0.1) is 0 Å². The standard InChI is InChI=1S/C9H19O4P/c1-3-5-8(9(10)11)7-14(12,13)6-4-2/h8H,3-7H2,1-2H3,(H,10,11)(H,12,13). The van der Waals surface area contributed by atoms with Crippen molar-refractivity contribution in [3.05, 3.63) is 0 Å². The average molecular weight is 222 g/mol. The zero-order valence-electron chi connectivity index (χ0n) is 8.77. The van der Waals surface area contributed by atoms with Gasteiger partial charge in [0.05, 0.1) is 5.92 Å². The highest BCUT2D eigenvalue weighted by molar-refractivity contribution is 7.58. The van der Waals surface area contributed by atoms with Crippen LogP contribution in [0.4, 0.5) is 0 Å². The predicted molar refractivity (Wildman–Crippen MR) is 55.9 cm³/mol. The zero-order chi connectivity index (χ0) is 11.2. The average Bonchev–Trinajstić information content (AvgIpc) is 2.02. The molecule has 0 saturated carbocycles. The lowest BCUT2D eigenvalue weighted by Crippen LogP contribution is -2.18. The first-order valence-electron chi connectivity index (χ1n) is 4.96. The minimum atomic E-state index is -3.21. The molecule has 2 unspecified atom stereocenters. The number of hydrogen-bond acceptors (Lipinski definition) is 2. The quantitative estimate of drug-likeness (QED) is 0.647. The third-order valence-corrected chi connectivity index (χ3v) is 4.22. The van der Waals surface area contributed by atoms with Crippen LogP contribution < -0.4 is 0 Å². The van der Waals surface area contributed by atoms with Crippen molar-refractivity contribution in [2.24, 2.45) is 5.92 Å². The van der Waals surface area contributed by atoms with Crippen LogP contribution in [0.25, 0.3) is 0 Å². The van der Waals surface area contributed by atoms with E-state index in [0.717, 1.165) is 6.42 Å². The van der Waals surface area contributed by atoms with Gasteiger partial charge in [-0.2, -0.15) is 0 Å². The van der Waals surface area contributed by atoms with Gasteiger partial charge < -0.3 is 10.00 Å². The number of carbonyl (C=O) groups is 1. The molecule has 0 aliphatic rings. The Morgan fingerprint density at radius 2 is 1.93 bits per heavy atom. The molecule has 0 heterocycles. The van der Waals surface area contributed by atoms with Crippen molar-refractivity contribution in [1.29, 1.82) is 0 Å². The Morgan fingerprint density at radius 3 is 2.29 bits per heavy atom. The molecule has 4 nitrogen and oxygen atoms in total. The van der Waals surface area contributed by atoms with Crippen LogP contribution in [0.2, 0.25) is 0 Å². The minimum absolute atomic E-state index is 0.0794. The van der Waals surface area contributed by atoms with E-state index in [4.69, 9.17) is 5.11 Å². The van der Waals surface area contributed by atoms with Crippen LogP contribution in [-0.2, 0) is 9.36 Å². The molecule has 0 aromatic heterocycles. The third kappa shape index (κ3) is 5.40. The molecule has 0 aromatic carbocycles. The first-order valence-corrected chi connectivity index (χ1v) is 6.99. The summed E-state index contributed by atoms with van der Waals surface area (Å²) in [4.78, 5) is 20.2. The van der Waals surface area contributed by atoms with E-state index in [9.17, 15) is 14.3 Å². The van der Waals surface area contributed by atoms with E-state index < -0.39 is 19.3 Å². The first-order chi connectivity index (χ1) is 6.43. The van der Waals surface area contributed by atoms with Crippen molar-refractivity contribution >= 4 is 13.3 Å². The van der Waals surface area contributed by atoms with E-state index in [0.29, 0.717) is 12.8 Å². The second-order valence-corrected chi connectivity index (χ2v) is 6.08. The summed E-state index contributed by atoms with van der Waals surface area (Å²) in [7, 11) is -3.21. The summed E-state index contributed by atoms with van der Waals surface area (Å²) < 4.78 is 11.5. The largest absolute Gasteiger partial charge is 0.481 e. The van der Waals surface area contributed by atoms with E-state index >= 15 is 0 Å². The molecule has 0 bridgehead atoms. The Bertz CT molecular complexity index is 227. The topological polar surface area (TPSA) is 74.6 Å². The van der Waals surface area contributed by atoms with Gasteiger partial charge in [-0.1, -0.05) is 20.3 Å². The van der Waals surface area contributed by atoms with Crippen LogP contribution in [0.5, 0.6) is 0 Å². The second kappa shape index (κ2) is 6.20. The summed E-state index contributed by atoms with van der Waals surface area (Å²) in [6.07, 6.45) is 1.96. The highest BCUT2D eigenvalue weighted by Crippen LogP contribution is 2.43. The Balaban J connectivity index is 4.28. The summed E-state index contributed by atoms with van der Waals surface area (Å²) in [5, 5.41) is 8.80. The monoisotopic (exact) mass is 222 g/mol. The predicted octanol–water partition coefficient (Wildman–Crippen LogP) is 2.17. The van der Waals surface area contributed by atoms with Gasteiger partial charge in [0.25, 0.3) is 0 Å². The molecule has 0 saturated heterocycles.